The highest BCUT2D eigenvalue weighted by atomic mass is 15.0. The summed E-state index contributed by atoms with van der Waals surface area (Å²) in [5.41, 5.74) is 1.78. The third-order valence-electron chi connectivity index (χ3n) is 3.20. The highest BCUT2D eigenvalue weighted by Gasteiger charge is 2.14. The van der Waals surface area contributed by atoms with Crippen molar-refractivity contribution in [2.24, 2.45) is 5.41 Å². The highest BCUT2D eigenvalue weighted by molar-refractivity contribution is 5.46. The van der Waals surface area contributed by atoms with Crippen molar-refractivity contribution in [2.75, 3.05) is 0 Å². The monoisotopic (exact) mass is 259 g/mol. The van der Waals surface area contributed by atoms with E-state index in [0.29, 0.717) is 5.41 Å². The van der Waals surface area contributed by atoms with Gasteiger partial charge in [-0.05, 0) is 56.9 Å². The molecule has 0 bridgehead atoms. The zero-order valence-electron chi connectivity index (χ0n) is 13.7. The first-order chi connectivity index (χ1) is 8.54. The molecule has 0 saturated carbocycles. The summed E-state index contributed by atoms with van der Waals surface area (Å²) in [5.74, 6) is 0. The van der Waals surface area contributed by atoms with E-state index in [-0.39, 0.29) is 5.54 Å². The van der Waals surface area contributed by atoms with E-state index in [2.05, 4.69) is 84.0 Å². The van der Waals surface area contributed by atoms with Gasteiger partial charge in [-0.1, -0.05) is 39.0 Å². The van der Waals surface area contributed by atoms with E-state index in [0.717, 1.165) is 11.8 Å². The number of aromatic nitrogens is 1. The van der Waals surface area contributed by atoms with Gasteiger partial charge in [0.25, 0.3) is 0 Å². The van der Waals surface area contributed by atoms with Gasteiger partial charge in [0.15, 0.2) is 0 Å². The SMILES string of the molecule is C=c1/c(=C\C(=C/C)CC(C)(C)C)ccn1C(C)(C)C. The molecule has 1 aromatic heterocycles. The lowest BCUT2D eigenvalue weighted by atomic mass is 9.87. The van der Waals surface area contributed by atoms with Gasteiger partial charge in [-0.2, -0.15) is 0 Å². The van der Waals surface area contributed by atoms with Crippen LogP contribution in [0.4, 0.5) is 0 Å². The maximum atomic E-state index is 4.24. The molecule has 19 heavy (non-hydrogen) atoms. The minimum Gasteiger partial charge on any atom is -0.343 e. The van der Waals surface area contributed by atoms with Crippen molar-refractivity contribution in [3.63, 3.8) is 0 Å². The Kier molecular flexibility index (Phi) is 4.50. The molecule has 0 N–H and O–H groups in total. The van der Waals surface area contributed by atoms with Crippen molar-refractivity contribution in [3.8, 4) is 0 Å². The molecule has 0 amide bonds. The molecule has 1 nitrogen and oxygen atoms in total. The minimum absolute atomic E-state index is 0.0866. The number of rotatable bonds is 2. The summed E-state index contributed by atoms with van der Waals surface area (Å²) in [6, 6.07) is 2.17. The lowest BCUT2D eigenvalue weighted by Crippen LogP contribution is -2.36. The van der Waals surface area contributed by atoms with Gasteiger partial charge in [0.05, 0.1) is 0 Å². The molecule has 0 radical (unpaired) electrons. The van der Waals surface area contributed by atoms with Crippen molar-refractivity contribution >= 4 is 12.7 Å². The van der Waals surface area contributed by atoms with Gasteiger partial charge in [-0.3, -0.25) is 0 Å². The van der Waals surface area contributed by atoms with Crippen molar-refractivity contribution < 1.29 is 0 Å². The van der Waals surface area contributed by atoms with Crippen molar-refractivity contribution in [1.82, 2.24) is 4.57 Å². The van der Waals surface area contributed by atoms with Gasteiger partial charge in [0.1, 0.15) is 0 Å². The molecule has 106 valence electrons. The van der Waals surface area contributed by atoms with E-state index in [1.54, 1.807) is 0 Å². The predicted molar refractivity (Wildman–Crippen MR) is 86.5 cm³/mol. The first-order valence-corrected chi connectivity index (χ1v) is 7.08. The van der Waals surface area contributed by atoms with Crippen LogP contribution < -0.4 is 10.6 Å². The number of hydrogen-bond acceptors (Lipinski definition) is 0. The molecule has 0 aliphatic carbocycles. The Balaban J connectivity index is 3.21. The van der Waals surface area contributed by atoms with Crippen LogP contribution in [0.1, 0.15) is 54.9 Å². The Bertz CT molecular complexity index is 556. The number of hydrogen-bond donors (Lipinski definition) is 0. The summed E-state index contributed by atoms with van der Waals surface area (Å²) in [4.78, 5) is 0. The molecular weight excluding hydrogens is 230 g/mol. The molecule has 1 aromatic rings. The second kappa shape index (κ2) is 5.40. The number of allylic oxidation sites excluding steroid dienone is 2. The first kappa shape index (κ1) is 15.8. The summed E-state index contributed by atoms with van der Waals surface area (Å²) >= 11 is 0. The minimum atomic E-state index is 0.0866. The molecule has 1 heterocycles. The number of nitrogens with zero attached hydrogens (tertiary/aromatic N) is 1. The quantitative estimate of drug-likeness (QED) is 0.761. The summed E-state index contributed by atoms with van der Waals surface area (Å²) < 4.78 is 2.24. The first-order valence-electron chi connectivity index (χ1n) is 7.08. The summed E-state index contributed by atoms with van der Waals surface area (Å²) in [5, 5.41) is 2.33. The largest absolute Gasteiger partial charge is 0.343 e. The van der Waals surface area contributed by atoms with Crippen LogP contribution in [0.3, 0.4) is 0 Å². The van der Waals surface area contributed by atoms with Crippen LogP contribution in [-0.4, -0.2) is 4.57 Å². The standard InChI is InChI=1S/C18H29N/c1-9-15(13-17(3,4)5)12-16-10-11-19(14(16)2)18(6,7)8/h9-12H,2,13H2,1,3-8H3/b15-9+,16-12-. The molecule has 0 aliphatic heterocycles. The highest BCUT2D eigenvalue weighted by Crippen LogP contribution is 2.24. The van der Waals surface area contributed by atoms with Gasteiger partial charge < -0.3 is 4.57 Å². The smallest absolute Gasteiger partial charge is 0.0412 e. The topological polar surface area (TPSA) is 4.93 Å². The maximum absolute atomic E-state index is 4.24. The lowest BCUT2D eigenvalue weighted by Gasteiger charge is -2.21. The molecule has 1 rings (SSSR count). The van der Waals surface area contributed by atoms with Crippen molar-refractivity contribution in [3.05, 3.63) is 34.5 Å². The van der Waals surface area contributed by atoms with Crippen LogP contribution in [0, 0.1) is 5.41 Å². The predicted octanol–water partition coefficient (Wildman–Crippen LogP) is 3.82. The molecule has 0 atom stereocenters. The Hall–Kier alpha value is -1.24. The fourth-order valence-electron chi connectivity index (χ4n) is 2.29. The van der Waals surface area contributed by atoms with Crippen molar-refractivity contribution in [1.29, 1.82) is 0 Å². The summed E-state index contributed by atoms with van der Waals surface area (Å²) in [6.07, 6.45) is 7.71. The van der Waals surface area contributed by atoms with Gasteiger partial charge in [-0.25, -0.2) is 0 Å². The lowest BCUT2D eigenvalue weighted by molar-refractivity contribution is 0.389. The average molecular weight is 259 g/mol. The maximum Gasteiger partial charge on any atom is 0.0412 e. The second-order valence-corrected chi connectivity index (χ2v) is 7.50. The zero-order chi connectivity index (χ0) is 14.8. The molecule has 0 aromatic carbocycles. The van der Waals surface area contributed by atoms with Crippen LogP contribution in [0.25, 0.3) is 12.7 Å². The van der Waals surface area contributed by atoms with Crippen LogP contribution in [0.15, 0.2) is 23.9 Å². The molecule has 1 heteroatoms. The molecular formula is C18H29N. The Labute approximate surface area is 118 Å². The van der Waals surface area contributed by atoms with Crippen LogP contribution in [-0.2, 0) is 5.54 Å². The van der Waals surface area contributed by atoms with E-state index in [1.165, 1.54) is 10.8 Å². The Morgan fingerprint density at radius 3 is 2.16 bits per heavy atom. The van der Waals surface area contributed by atoms with Gasteiger partial charge in [0.2, 0.25) is 0 Å². The van der Waals surface area contributed by atoms with Crippen LogP contribution >= 0.6 is 0 Å². The zero-order valence-corrected chi connectivity index (χ0v) is 13.7. The summed E-state index contributed by atoms with van der Waals surface area (Å²) in [7, 11) is 0. The molecule has 0 fully saturated rings. The van der Waals surface area contributed by atoms with Gasteiger partial charge >= 0.3 is 0 Å². The molecule has 0 unspecified atom stereocenters. The van der Waals surface area contributed by atoms with Crippen LogP contribution in [0.2, 0.25) is 0 Å². The van der Waals surface area contributed by atoms with Crippen LogP contribution in [0.5, 0.6) is 0 Å². The fourth-order valence-corrected chi connectivity index (χ4v) is 2.29. The van der Waals surface area contributed by atoms with Gasteiger partial charge in [0, 0.05) is 17.1 Å². The Morgan fingerprint density at radius 2 is 1.79 bits per heavy atom. The van der Waals surface area contributed by atoms with E-state index < -0.39 is 0 Å². The van der Waals surface area contributed by atoms with E-state index in [9.17, 15) is 0 Å². The third-order valence-corrected chi connectivity index (χ3v) is 3.20. The normalized spacial score (nSPS) is 15.1. The van der Waals surface area contributed by atoms with E-state index >= 15 is 0 Å². The average Bonchev–Trinajstić information content (AvgIpc) is 2.57. The second-order valence-electron chi connectivity index (χ2n) is 7.50. The van der Waals surface area contributed by atoms with Crippen molar-refractivity contribution in [2.45, 2.75) is 60.4 Å². The molecule has 0 saturated heterocycles. The Morgan fingerprint density at radius 1 is 1.21 bits per heavy atom. The molecule has 0 spiro atoms. The molecule has 0 aliphatic rings. The van der Waals surface area contributed by atoms with E-state index in [4.69, 9.17) is 0 Å². The van der Waals surface area contributed by atoms with Gasteiger partial charge in [-0.15, -0.1) is 0 Å². The van der Waals surface area contributed by atoms with E-state index in [1.807, 2.05) is 0 Å². The summed E-state index contributed by atoms with van der Waals surface area (Å²) in [6.45, 7) is 19.8. The fraction of sp³-hybridized carbons (Fsp3) is 0.556. The third kappa shape index (κ3) is 4.41.